The Labute approximate surface area is 102 Å². The zero-order valence-corrected chi connectivity index (χ0v) is 9.58. The normalized spacial score (nSPS) is 10.4. The highest BCUT2D eigenvalue weighted by molar-refractivity contribution is 5.14. The van der Waals surface area contributed by atoms with Gasteiger partial charge in [0.05, 0.1) is 13.2 Å². The summed E-state index contributed by atoms with van der Waals surface area (Å²) in [6, 6.07) is 20.0. The molecular weight excluding hydrogens is 212 g/mol. The third-order valence-corrected chi connectivity index (χ3v) is 2.32. The molecule has 0 saturated heterocycles. The smallest absolute Gasteiger partial charge is 0.210 e. The van der Waals surface area contributed by atoms with Gasteiger partial charge in [-0.05, 0) is 11.1 Å². The van der Waals surface area contributed by atoms with Crippen molar-refractivity contribution in [2.24, 2.45) is 0 Å². The summed E-state index contributed by atoms with van der Waals surface area (Å²) in [5, 5.41) is 0. The molecule has 1 radical (unpaired) electrons. The molecule has 0 heterocycles. The first-order valence-corrected chi connectivity index (χ1v) is 5.58. The Balaban J connectivity index is 1.61. The average Bonchev–Trinajstić information content (AvgIpc) is 2.41. The fourth-order valence-electron chi connectivity index (χ4n) is 1.46. The van der Waals surface area contributed by atoms with Gasteiger partial charge in [0.15, 0.2) is 0 Å². The van der Waals surface area contributed by atoms with Gasteiger partial charge in [0.25, 0.3) is 0 Å². The molecule has 0 aromatic heterocycles. The summed E-state index contributed by atoms with van der Waals surface area (Å²) in [4.78, 5) is 0. The summed E-state index contributed by atoms with van der Waals surface area (Å²) in [6.07, 6.45) is 0. The van der Waals surface area contributed by atoms with Crippen molar-refractivity contribution < 1.29 is 9.47 Å². The Bertz CT molecular complexity index is 370. The molecule has 2 heteroatoms. The van der Waals surface area contributed by atoms with Gasteiger partial charge in [-0.1, -0.05) is 60.7 Å². The number of ether oxygens (including phenoxy) is 2. The molecule has 0 fully saturated rings. The van der Waals surface area contributed by atoms with Crippen LogP contribution < -0.4 is 0 Å². The van der Waals surface area contributed by atoms with Crippen LogP contribution in [0.4, 0.5) is 0 Å². The third-order valence-electron chi connectivity index (χ3n) is 2.32. The van der Waals surface area contributed by atoms with Crippen LogP contribution in [0, 0.1) is 6.79 Å². The lowest BCUT2D eigenvalue weighted by Gasteiger charge is -2.04. The van der Waals surface area contributed by atoms with Gasteiger partial charge in [-0.25, -0.2) is 0 Å². The highest BCUT2D eigenvalue weighted by Gasteiger charge is 1.94. The van der Waals surface area contributed by atoms with E-state index in [4.69, 9.17) is 9.47 Å². The molecule has 0 amide bonds. The van der Waals surface area contributed by atoms with E-state index < -0.39 is 0 Å². The minimum atomic E-state index is 0.537. The maximum absolute atomic E-state index is 5.29. The standard InChI is InChI=1S/C15H15O2/c1-3-7-14(8-4-1)11-16-13-17-12-15-9-5-2-6-10-15/h1-10,13H,11-12H2. The molecule has 0 saturated carbocycles. The highest BCUT2D eigenvalue weighted by Crippen LogP contribution is 2.04. The molecule has 0 spiro atoms. The second-order valence-electron chi connectivity index (χ2n) is 3.69. The predicted octanol–water partition coefficient (Wildman–Crippen LogP) is 3.54. The molecule has 0 unspecified atom stereocenters. The van der Waals surface area contributed by atoms with Gasteiger partial charge in [-0.3, -0.25) is 0 Å². The lowest BCUT2D eigenvalue weighted by molar-refractivity contribution is 0.00502. The van der Waals surface area contributed by atoms with Gasteiger partial charge in [-0.15, -0.1) is 0 Å². The van der Waals surface area contributed by atoms with Crippen LogP contribution in [0.15, 0.2) is 60.7 Å². The molecule has 0 aliphatic carbocycles. The molecule has 87 valence electrons. The molecule has 0 bridgehead atoms. The molecule has 2 aromatic rings. The van der Waals surface area contributed by atoms with Gasteiger partial charge in [-0.2, -0.15) is 0 Å². The van der Waals surface area contributed by atoms with Crippen molar-refractivity contribution in [2.45, 2.75) is 13.2 Å². The summed E-state index contributed by atoms with van der Waals surface area (Å²) in [6.45, 7) is 2.48. The maximum atomic E-state index is 5.29. The Morgan fingerprint density at radius 2 is 1.06 bits per heavy atom. The van der Waals surface area contributed by atoms with E-state index in [-0.39, 0.29) is 0 Å². The summed E-state index contributed by atoms with van der Waals surface area (Å²) < 4.78 is 10.6. The van der Waals surface area contributed by atoms with Crippen LogP contribution in [0.25, 0.3) is 0 Å². The first-order chi connectivity index (χ1) is 8.45. The Morgan fingerprint density at radius 1 is 0.647 bits per heavy atom. The summed E-state index contributed by atoms with van der Waals surface area (Å²) in [5.41, 5.74) is 2.26. The lowest BCUT2D eigenvalue weighted by atomic mass is 10.2. The largest absolute Gasteiger partial charge is 0.343 e. The van der Waals surface area contributed by atoms with Crippen molar-refractivity contribution in [1.29, 1.82) is 0 Å². The first-order valence-electron chi connectivity index (χ1n) is 5.58. The fraction of sp³-hybridized carbons (Fsp3) is 0.133. The van der Waals surface area contributed by atoms with Crippen molar-refractivity contribution in [3.8, 4) is 0 Å². The van der Waals surface area contributed by atoms with Gasteiger partial charge in [0.1, 0.15) is 0 Å². The SMILES string of the molecule is [CH](OCc1ccccc1)OCc1ccccc1. The second kappa shape index (κ2) is 6.84. The van der Waals surface area contributed by atoms with Crippen molar-refractivity contribution in [3.63, 3.8) is 0 Å². The monoisotopic (exact) mass is 227 g/mol. The molecule has 0 aliphatic rings. The molecule has 2 aromatic carbocycles. The van der Waals surface area contributed by atoms with Crippen LogP contribution in [0.2, 0.25) is 0 Å². The lowest BCUT2D eigenvalue weighted by Crippen LogP contribution is -1.95. The van der Waals surface area contributed by atoms with Gasteiger partial charge in [0.2, 0.25) is 6.79 Å². The van der Waals surface area contributed by atoms with Crippen LogP contribution in [0.5, 0.6) is 0 Å². The number of benzene rings is 2. The molecule has 2 nitrogen and oxygen atoms in total. The van der Waals surface area contributed by atoms with Crippen LogP contribution in [0.3, 0.4) is 0 Å². The second-order valence-corrected chi connectivity index (χ2v) is 3.69. The predicted molar refractivity (Wildman–Crippen MR) is 66.8 cm³/mol. The van der Waals surface area contributed by atoms with E-state index in [1.54, 1.807) is 0 Å². The van der Waals surface area contributed by atoms with Crippen molar-refractivity contribution in [2.75, 3.05) is 0 Å². The summed E-state index contributed by atoms with van der Waals surface area (Å²) >= 11 is 0. The third kappa shape index (κ3) is 4.39. The van der Waals surface area contributed by atoms with Gasteiger partial charge in [0, 0.05) is 0 Å². The van der Waals surface area contributed by atoms with Crippen molar-refractivity contribution in [3.05, 3.63) is 78.6 Å². The van der Waals surface area contributed by atoms with Crippen LogP contribution in [-0.2, 0) is 22.7 Å². The van der Waals surface area contributed by atoms with Crippen LogP contribution >= 0.6 is 0 Å². The van der Waals surface area contributed by atoms with E-state index in [1.807, 2.05) is 60.7 Å². The van der Waals surface area contributed by atoms with Crippen LogP contribution in [0.1, 0.15) is 11.1 Å². The number of hydrogen-bond acceptors (Lipinski definition) is 2. The van der Waals surface area contributed by atoms with E-state index in [2.05, 4.69) is 0 Å². The Morgan fingerprint density at radius 3 is 1.47 bits per heavy atom. The van der Waals surface area contributed by atoms with Crippen LogP contribution in [-0.4, -0.2) is 0 Å². The molecule has 2 rings (SSSR count). The van der Waals surface area contributed by atoms with Gasteiger partial charge >= 0.3 is 0 Å². The summed E-state index contributed by atoms with van der Waals surface area (Å²) in [5.74, 6) is 0. The number of hydrogen-bond donors (Lipinski definition) is 0. The van der Waals surface area contributed by atoms with Crippen molar-refractivity contribution >= 4 is 0 Å². The number of rotatable bonds is 6. The van der Waals surface area contributed by atoms with Gasteiger partial charge < -0.3 is 9.47 Å². The molecular formula is C15H15O2. The van der Waals surface area contributed by atoms with E-state index in [0.717, 1.165) is 11.1 Å². The molecule has 17 heavy (non-hydrogen) atoms. The minimum absolute atomic E-state index is 0.537. The van der Waals surface area contributed by atoms with E-state index in [9.17, 15) is 0 Å². The first kappa shape index (κ1) is 11.8. The average molecular weight is 227 g/mol. The zero-order chi connectivity index (χ0) is 11.8. The fourth-order valence-corrected chi connectivity index (χ4v) is 1.46. The topological polar surface area (TPSA) is 18.5 Å². The van der Waals surface area contributed by atoms with E-state index in [0.29, 0.717) is 13.2 Å². The van der Waals surface area contributed by atoms with E-state index >= 15 is 0 Å². The molecule has 0 atom stereocenters. The highest BCUT2D eigenvalue weighted by atomic mass is 16.7. The van der Waals surface area contributed by atoms with Crippen molar-refractivity contribution in [1.82, 2.24) is 0 Å². The quantitative estimate of drug-likeness (QED) is 0.703. The zero-order valence-electron chi connectivity index (χ0n) is 9.58. The minimum Gasteiger partial charge on any atom is -0.343 e. The Hall–Kier alpha value is -1.64. The van der Waals surface area contributed by atoms with E-state index in [1.165, 1.54) is 6.79 Å². The molecule has 0 aliphatic heterocycles. The maximum Gasteiger partial charge on any atom is 0.210 e. The summed E-state index contributed by atoms with van der Waals surface area (Å²) in [7, 11) is 0. The molecule has 0 N–H and O–H groups in total. The Kier molecular flexibility index (Phi) is 4.76.